The third kappa shape index (κ3) is 3.78. The topological polar surface area (TPSA) is 78.5 Å². The van der Waals surface area contributed by atoms with E-state index in [4.69, 9.17) is 35.5 Å². The molecule has 1 N–H and O–H groups in total. The molecule has 3 unspecified atom stereocenters. The summed E-state index contributed by atoms with van der Waals surface area (Å²) >= 11 is 6.63. The van der Waals surface area contributed by atoms with Crippen molar-refractivity contribution in [1.29, 1.82) is 0 Å². The van der Waals surface area contributed by atoms with Crippen molar-refractivity contribution in [2.75, 3.05) is 26.4 Å². The summed E-state index contributed by atoms with van der Waals surface area (Å²) in [5.74, 6) is 0. The number of imidazole rings is 1. The second kappa shape index (κ2) is 8.56. The summed E-state index contributed by atoms with van der Waals surface area (Å²) in [7, 11) is 0. The minimum Gasteiger partial charge on any atom is -0.456 e. The van der Waals surface area contributed by atoms with E-state index in [-0.39, 0.29) is 23.7 Å². The van der Waals surface area contributed by atoms with Crippen LogP contribution in [0.25, 0.3) is 33.5 Å². The Labute approximate surface area is 213 Å². The van der Waals surface area contributed by atoms with Crippen molar-refractivity contribution >= 4 is 22.8 Å². The van der Waals surface area contributed by atoms with Gasteiger partial charge in [-0.15, -0.1) is 0 Å². The molecular formula is C28H26ClN3O4. The molecule has 7 nitrogen and oxygen atoms in total. The van der Waals surface area contributed by atoms with E-state index in [1.807, 2.05) is 18.2 Å². The van der Waals surface area contributed by atoms with Crippen LogP contribution in [0, 0.1) is 0 Å². The Balaban J connectivity index is 1.11. The summed E-state index contributed by atoms with van der Waals surface area (Å²) in [5.41, 5.74) is 6.66. The fourth-order valence-electron chi connectivity index (χ4n) is 5.29. The molecule has 3 aliphatic rings. The zero-order valence-corrected chi connectivity index (χ0v) is 20.6. The van der Waals surface area contributed by atoms with Crippen LogP contribution in [0.3, 0.4) is 0 Å². The van der Waals surface area contributed by atoms with Crippen molar-refractivity contribution in [2.45, 2.75) is 37.1 Å². The number of pyridine rings is 1. The number of nitrogens with one attached hydrogen (secondary N) is 1. The lowest BCUT2D eigenvalue weighted by atomic mass is 9.80. The maximum atomic E-state index is 6.63. The number of aromatic nitrogens is 3. The zero-order chi connectivity index (χ0) is 24.3. The van der Waals surface area contributed by atoms with Gasteiger partial charge in [0.05, 0.1) is 42.2 Å². The van der Waals surface area contributed by atoms with Gasteiger partial charge in [0, 0.05) is 17.6 Å². The third-order valence-corrected chi connectivity index (χ3v) is 7.79. The van der Waals surface area contributed by atoms with Gasteiger partial charge in [0.25, 0.3) is 6.01 Å². The maximum absolute atomic E-state index is 6.63. The van der Waals surface area contributed by atoms with Gasteiger partial charge in [-0.25, -0.2) is 4.98 Å². The van der Waals surface area contributed by atoms with E-state index in [1.54, 1.807) is 0 Å². The van der Waals surface area contributed by atoms with Gasteiger partial charge < -0.3 is 23.9 Å². The number of H-pyrrole nitrogens is 1. The minimum atomic E-state index is -0.181. The minimum absolute atomic E-state index is 0.0460. The maximum Gasteiger partial charge on any atom is 0.296 e. The number of rotatable bonds is 5. The number of benzene rings is 2. The van der Waals surface area contributed by atoms with Crippen molar-refractivity contribution in [3.63, 3.8) is 0 Å². The zero-order valence-electron chi connectivity index (χ0n) is 19.9. The highest BCUT2D eigenvalue weighted by Gasteiger charge is 2.43. The van der Waals surface area contributed by atoms with Gasteiger partial charge in [-0.05, 0) is 29.2 Å². The lowest BCUT2D eigenvalue weighted by molar-refractivity contribution is -0.0500. The molecule has 2 aromatic heterocycles. The van der Waals surface area contributed by atoms with Crippen molar-refractivity contribution in [3.05, 3.63) is 65.2 Å². The molecule has 0 aliphatic carbocycles. The quantitative estimate of drug-likeness (QED) is 0.405. The Morgan fingerprint density at radius 3 is 2.42 bits per heavy atom. The first kappa shape index (κ1) is 22.2. The average molecular weight is 504 g/mol. The Morgan fingerprint density at radius 2 is 1.69 bits per heavy atom. The van der Waals surface area contributed by atoms with Crippen LogP contribution in [0.4, 0.5) is 0 Å². The van der Waals surface area contributed by atoms with Crippen molar-refractivity contribution < 1.29 is 18.9 Å². The van der Waals surface area contributed by atoms with E-state index in [1.165, 1.54) is 11.1 Å². The number of nitrogens with zero attached hydrogens (tertiary/aromatic N) is 2. The number of ether oxygens (including phenoxy) is 4. The highest BCUT2D eigenvalue weighted by atomic mass is 35.5. The highest BCUT2D eigenvalue weighted by molar-refractivity contribution is 6.33. The van der Waals surface area contributed by atoms with Crippen LogP contribution in [-0.4, -0.2) is 59.7 Å². The second-order valence-corrected chi connectivity index (χ2v) is 10.5. The first-order valence-corrected chi connectivity index (χ1v) is 12.7. The smallest absolute Gasteiger partial charge is 0.296 e. The summed E-state index contributed by atoms with van der Waals surface area (Å²) in [4.78, 5) is 12.5. The summed E-state index contributed by atoms with van der Waals surface area (Å²) in [6, 6.07) is 19.3. The SMILES string of the molecule is CC1(c2ccc(-c3ccc(-c4nc5nc(OC6COC7CCOC76)[nH]c5cc4Cl)cc3)cc2)COC1. The number of fused-ring (bicyclic) bond motifs is 2. The molecule has 0 bridgehead atoms. The van der Waals surface area contributed by atoms with Crippen LogP contribution < -0.4 is 4.74 Å². The lowest BCUT2D eigenvalue weighted by Crippen LogP contribution is -2.43. The molecule has 4 aromatic rings. The summed E-state index contributed by atoms with van der Waals surface area (Å²) < 4.78 is 23.0. The molecule has 7 rings (SSSR count). The molecule has 2 aromatic carbocycles. The molecule has 3 fully saturated rings. The molecule has 0 amide bonds. The predicted octanol–water partition coefficient (Wildman–Crippen LogP) is 5.17. The van der Waals surface area contributed by atoms with Crippen molar-refractivity contribution in [1.82, 2.24) is 15.0 Å². The molecule has 0 radical (unpaired) electrons. The van der Waals surface area contributed by atoms with Crippen LogP contribution in [-0.2, 0) is 19.6 Å². The molecule has 0 spiro atoms. The Morgan fingerprint density at radius 1 is 0.972 bits per heavy atom. The van der Waals surface area contributed by atoms with Crippen LogP contribution in [0.15, 0.2) is 54.6 Å². The molecule has 184 valence electrons. The van der Waals surface area contributed by atoms with E-state index in [0.717, 1.165) is 36.3 Å². The van der Waals surface area contributed by atoms with Crippen molar-refractivity contribution in [2.24, 2.45) is 0 Å². The molecule has 0 saturated carbocycles. The fraction of sp³-hybridized carbons (Fsp3) is 0.357. The van der Waals surface area contributed by atoms with E-state index in [0.29, 0.717) is 35.6 Å². The van der Waals surface area contributed by atoms with Gasteiger partial charge in [-0.3, -0.25) is 0 Å². The number of hydrogen-bond donors (Lipinski definition) is 1. The Bertz CT molecular complexity index is 1420. The van der Waals surface area contributed by atoms with E-state index < -0.39 is 0 Å². The van der Waals surface area contributed by atoms with Gasteiger partial charge in [-0.1, -0.05) is 67.1 Å². The first-order valence-electron chi connectivity index (χ1n) is 12.3. The van der Waals surface area contributed by atoms with E-state index in [2.05, 4.69) is 53.3 Å². The molecule has 5 heterocycles. The molecule has 3 atom stereocenters. The van der Waals surface area contributed by atoms with E-state index in [9.17, 15) is 0 Å². The molecule has 3 aliphatic heterocycles. The summed E-state index contributed by atoms with van der Waals surface area (Å²) in [6.07, 6.45) is 0.791. The van der Waals surface area contributed by atoms with Gasteiger partial charge >= 0.3 is 0 Å². The average Bonchev–Trinajstić information content (AvgIpc) is 3.59. The Kier molecular flexibility index (Phi) is 5.29. The van der Waals surface area contributed by atoms with Gasteiger partial charge in [-0.2, -0.15) is 4.98 Å². The normalized spacial score (nSPS) is 24.6. The number of aromatic amines is 1. The van der Waals surface area contributed by atoms with E-state index >= 15 is 0 Å². The van der Waals surface area contributed by atoms with Crippen molar-refractivity contribution in [3.8, 4) is 28.4 Å². The number of hydrogen-bond acceptors (Lipinski definition) is 6. The summed E-state index contributed by atoms with van der Waals surface area (Å²) in [5, 5.41) is 0.550. The fourth-order valence-corrected chi connectivity index (χ4v) is 5.55. The Hall–Kier alpha value is -2.97. The standard InChI is InChI=1S/C28H26ClN3O4/c1-28(14-33-15-28)19-8-6-17(7-9-19)16-2-4-18(5-3-16)24-20(29)12-21-26(31-24)32-27(30-21)36-23-13-35-22-10-11-34-25(22)23/h2-9,12,22-23,25H,10-11,13-15H2,1H3,(H,30,31,32). The first-order chi connectivity index (χ1) is 17.6. The molecular weight excluding hydrogens is 478 g/mol. The van der Waals surface area contributed by atoms with Crippen LogP contribution in [0.5, 0.6) is 6.01 Å². The monoisotopic (exact) mass is 503 g/mol. The molecule has 3 saturated heterocycles. The molecule has 36 heavy (non-hydrogen) atoms. The van der Waals surface area contributed by atoms with Gasteiger partial charge in [0.2, 0.25) is 0 Å². The largest absolute Gasteiger partial charge is 0.456 e. The van der Waals surface area contributed by atoms with Crippen LogP contribution >= 0.6 is 11.6 Å². The van der Waals surface area contributed by atoms with Gasteiger partial charge in [0.1, 0.15) is 6.10 Å². The predicted molar refractivity (Wildman–Crippen MR) is 136 cm³/mol. The summed E-state index contributed by atoms with van der Waals surface area (Å²) in [6.45, 7) is 5.01. The van der Waals surface area contributed by atoms with Crippen LogP contribution in [0.2, 0.25) is 5.02 Å². The highest BCUT2D eigenvalue weighted by Crippen LogP contribution is 2.35. The third-order valence-electron chi connectivity index (χ3n) is 7.50. The van der Waals surface area contributed by atoms with Gasteiger partial charge in [0.15, 0.2) is 11.8 Å². The second-order valence-electron chi connectivity index (χ2n) is 10.1. The lowest BCUT2D eigenvalue weighted by Gasteiger charge is -2.38. The number of halogens is 1. The molecule has 8 heteroatoms. The van der Waals surface area contributed by atoms with Crippen LogP contribution in [0.1, 0.15) is 18.9 Å².